The van der Waals surface area contributed by atoms with Gasteiger partial charge in [0.05, 0.1) is 15.9 Å². The number of imidazole rings is 1. The van der Waals surface area contributed by atoms with Gasteiger partial charge in [0.15, 0.2) is 0 Å². The summed E-state index contributed by atoms with van der Waals surface area (Å²) in [5.41, 5.74) is 5.58. The van der Waals surface area contributed by atoms with E-state index < -0.39 is 10.0 Å². The van der Waals surface area contributed by atoms with Gasteiger partial charge in [-0.1, -0.05) is 48.5 Å². The van der Waals surface area contributed by atoms with Gasteiger partial charge in [0.1, 0.15) is 5.82 Å². The van der Waals surface area contributed by atoms with Gasteiger partial charge < -0.3 is 4.98 Å². The van der Waals surface area contributed by atoms with E-state index in [0.29, 0.717) is 11.3 Å². The fraction of sp³-hybridized carbons (Fsp3) is 0.136. The Balaban J connectivity index is 1.61. The topological polar surface area (TPSA) is 74.8 Å². The summed E-state index contributed by atoms with van der Waals surface area (Å²) < 4.78 is 28.3. The van der Waals surface area contributed by atoms with Crippen LogP contribution in [0.2, 0.25) is 0 Å². The first-order chi connectivity index (χ1) is 13.4. The highest BCUT2D eigenvalue weighted by Crippen LogP contribution is 2.23. The highest BCUT2D eigenvalue weighted by Gasteiger charge is 2.16. The molecule has 0 bridgehead atoms. The molecule has 2 N–H and O–H groups in total. The maximum atomic E-state index is 12.8. The van der Waals surface area contributed by atoms with Crippen LogP contribution in [0, 0.1) is 13.8 Å². The van der Waals surface area contributed by atoms with Gasteiger partial charge in [0.2, 0.25) is 10.0 Å². The normalized spacial score (nSPS) is 11.8. The molecule has 1 aromatic heterocycles. The van der Waals surface area contributed by atoms with Gasteiger partial charge in [-0.05, 0) is 48.7 Å². The van der Waals surface area contributed by atoms with Gasteiger partial charge in [-0.25, -0.2) is 18.1 Å². The van der Waals surface area contributed by atoms with Crippen molar-refractivity contribution in [2.45, 2.75) is 25.3 Å². The molecule has 3 aromatic carbocycles. The number of benzene rings is 3. The van der Waals surface area contributed by atoms with Crippen LogP contribution in [0.1, 0.15) is 16.7 Å². The number of aromatic nitrogens is 2. The molecule has 1 heterocycles. The van der Waals surface area contributed by atoms with Crippen LogP contribution in [-0.4, -0.2) is 18.4 Å². The quantitative estimate of drug-likeness (QED) is 0.532. The van der Waals surface area contributed by atoms with E-state index in [9.17, 15) is 8.42 Å². The number of H-pyrrole nitrogens is 1. The fourth-order valence-corrected chi connectivity index (χ4v) is 4.18. The number of nitrogens with one attached hydrogen (secondary N) is 2. The molecule has 28 heavy (non-hydrogen) atoms. The minimum Gasteiger partial charge on any atom is -0.338 e. The maximum absolute atomic E-state index is 12.8. The van der Waals surface area contributed by atoms with Crippen molar-refractivity contribution in [2.75, 3.05) is 0 Å². The molecule has 0 saturated carbocycles. The lowest BCUT2D eigenvalue weighted by Gasteiger charge is -2.10. The average molecular weight is 391 g/mol. The molecule has 0 aliphatic heterocycles. The molecule has 0 aliphatic carbocycles. The zero-order valence-electron chi connectivity index (χ0n) is 15.7. The Hall–Kier alpha value is -2.96. The van der Waals surface area contributed by atoms with Gasteiger partial charge in [-0.3, -0.25) is 0 Å². The van der Waals surface area contributed by atoms with Crippen molar-refractivity contribution in [1.29, 1.82) is 0 Å². The molecular formula is C22H21N3O2S. The Morgan fingerprint density at radius 1 is 0.964 bits per heavy atom. The summed E-state index contributed by atoms with van der Waals surface area (Å²) in [5.74, 6) is 0.716. The second kappa shape index (κ2) is 7.22. The third-order valence-electron chi connectivity index (χ3n) is 4.98. The van der Waals surface area contributed by atoms with E-state index in [1.165, 1.54) is 0 Å². The van der Waals surface area contributed by atoms with Gasteiger partial charge in [0.25, 0.3) is 0 Å². The van der Waals surface area contributed by atoms with E-state index in [2.05, 4.69) is 14.7 Å². The minimum atomic E-state index is -3.63. The van der Waals surface area contributed by atoms with Crippen molar-refractivity contribution < 1.29 is 8.42 Å². The number of aromatic amines is 1. The highest BCUT2D eigenvalue weighted by atomic mass is 32.2. The minimum absolute atomic E-state index is 0.216. The van der Waals surface area contributed by atoms with E-state index in [0.717, 1.165) is 27.8 Å². The number of hydrogen-bond acceptors (Lipinski definition) is 3. The molecule has 4 aromatic rings. The molecule has 0 radical (unpaired) electrons. The molecule has 0 fully saturated rings. The van der Waals surface area contributed by atoms with Gasteiger partial charge in [0, 0.05) is 12.1 Å². The molecule has 4 rings (SSSR count). The molecule has 0 amide bonds. The fourth-order valence-electron chi connectivity index (χ4n) is 3.15. The van der Waals surface area contributed by atoms with Crippen molar-refractivity contribution in [1.82, 2.24) is 14.7 Å². The SMILES string of the molecule is Cc1cccc(CNS(=O)(=O)c2ccc3nc(-c4ccccc4)[nH]c3c2)c1C. The van der Waals surface area contributed by atoms with Gasteiger partial charge >= 0.3 is 0 Å². The van der Waals surface area contributed by atoms with Crippen molar-refractivity contribution in [3.63, 3.8) is 0 Å². The van der Waals surface area contributed by atoms with Crippen LogP contribution >= 0.6 is 0 Å². The summed E-state index contributed by atoms with van der Waals surface area (Å²) >= 11 is 0. The lowest BCUT2D eigenvalue weighted by atomic mass is 10.0. The van der Waals surface area contributed by atoms with E-state index >= 15 is 0 Å². The molecule has 6 heteroatoms. The van der Waals surface area contributed by atoms with Crippen molar-refractivity contribution in [3.8, 4) is 11.4 Å². The van der Waals surface area contributed by atoms with Crippen molar-refractivity contribution >= 4 is 21.1 Å². The predicted molar refractivity (Wildman–Crippen MR) is 111 cm³/mol. The molecule has 142 valence electrons. The van der Waals surface area contributed by atoms with Crippen LogP contribution in [0.4, 0.5) is 0 Å². The second-order valence-electron chi connectivity index (χ2n) is 6.81. The Labute approximate surface area is 164 Å². The third kappa shape index (κ3) is 3.56. The Morgan fingerprint density at radius 2 is 1.75 bits per heavy atom. The van der Waals surface area contributed by atoms with Crippen LogP contribution < -0.4 is 4.72 Å². The largest absolute Gasteiger partial charge is 0.338 e. The van der Waals surface area contributed by atoms with E-state index in [-0.39, 0.29) is 11.4 Å². The Morgan fingerprint density at radius 3 is 2.54 bits per heavy atom. The van der Waals surface area contributed by atoms with Crippen LogP contribution in [0.25, 0.3) is 22.4 Å². The number of sulfonamides is 1. The van der Waals surface area contributed by atoms with Crippen molar-refractivity contribution in [3.05, 3.63) is 83.4 Å². The first-order valence-electron chi connectivity index (χ1n) is 9.04. The zero-order chi connectivity index (χ0) is 19.7. The summed E-state index contributed by atoms with van der Waals surface area (Å²) in [4.78, 5) is 7.98. The lowest BCUT2D eigenvalue weighted by Crippen LogP contribution is -2.23. The monoisotopic (exact) mass is 391 g/mol. The number of nitrogens with zero attached hydrogens (tertiary/aromatic N) is 1. The summed E-state index contributed by atoms with van der Waals surface area (Å²) in [7, 11) is -3.63. The van der Waals surface area contributed by atoms with Crippen LogP contribution in [-0.2, 0) is 16.6 Å². The molecule has 5 nitrogen and oxygen atoms in total. The molecule has 0 unspecified atom stereocenters. The molecular weight excluding hydrogens is 370 g/mol. The summed E-state index contributed by atoms with van der Waals surface area (Å²) in [6, 6.07) is 20.6. The Kier molecular flexibility index (Phi) is 4.75. The maximum Gasteiger partial charge on any atom is 0.240 e. The number of hydrogen-bond donors (Lipinski definition) is 2. The first kappa shape index (κ1) is 18.4. The number of rotatable bonds is 5. The van der Waals surface area contributed by atoms with Crippen LogP contribution in [0.3, 0.4) is 0 Å². The molecule has 0 atom stereocenters. The summed E-state index contributed by atoms with van der Waals surface area (Å²) in [6.45, 7) is 4.27. The molecule has 0 aliphatic rings. The van der Waals surface area contributed by atoms with Gasteiger partial charge in [-0.2, -0.15) is 0 Å². The second-order valence-corrected chi connectivity index (χ2v) is 8.58. The highest BCUT2D eigenvalue weighted by molar-refractivity contribution is 7.89. The van der Waals surface area contributed by atoms with Crippen molar-refractivity contribution in [2.24, 2.45) is 0 Å². The average Bonchev–Trinajstić information content (AvgIpc) is 3.13. The van der Waals surface area contributed by atoms with Gasteiger partial charge in [-0.15, -0.1) is 0 Å². The molecule has 0 saturated heterocycles. The number of aryl methyl sites for hydroxylation is 1. The van der Waals surface area contributed by atoms with E-state index in [4.69, 9.17) is 0 Å². The lowest BCUT2D eigenvalue weighted by molar-refractivity contribution is 0.581. The standard InChI is InChI=1S/C22H21N3O2S/c1-15-7-6-10-18(16(15)2)14-23-28(26,27)19-11-12-20-21(13-19)25-22(24-20)17-8-4-3-5-9-17/h3-13,23H,14H2,1-2H3,(H,24,25). The summed E-state index contributed by atoms with van der Waals surface area (Å²) in [5, 5.41) is 0. The number of fused-ring (bicyclic) bond motifs is 1. The zero-order valence-corrected chi connectivity index (χ0v) is 16.5. The van der Waals surface area contributed by atoms with Crippen LogP contribution in [0.15, 0.2) is 71.6 Å². The third-order valence-corrected chi connectivity index (χ3v) is 6.38. The van der Waals surface area contributed by atoms with Crippen LogP contribution in [0.5, 0.6) is 0 Å². The Bertz CT molecular complexity index is 1250. The summed E-state index contributed by atoms with van der Waals surface area (Å²) in [6.07, 6.45) is 0. The molecule has 0 spiro atoms. The van der Waals surface area contributed by atoms with E-state index in [1.54, 1.807) is 18.2 Å². The van der Waals surface area contributed by atoms with E-state index in [1.807, 2.05) is 62.4 Å². The smallest absolute Gasteiger partial charge is 0.240 e. The first-order valence-corrected chi connectivity index (χ1v) is 10.5. The predicted octanol–water partition coefficient (Wildman–Crippen LogP) is 4.33.